The third-order valence-corrected chi connectivity index (χ3v) is 7.33. The zero-order chi connectivity index (χ0) is 23.4. The van der Waals surface area contributed by atoms with Gasteiger partial charge in [0.2, 0.25) is 5.91 Å². The number of hydrogen-bond donors (Lipinski definition) is 1. The van der Waals surface area contributed by atoms with E-state index in [-0.39, 0.29) is 23.1 Å². The molecule has 6 heteroatoms. The highest BCUT2D eigenvalue weighted by Crippen LogP contribution is 2.50. The Kier molecular flexibility index (Phi) is 6.86. The first kappa shape index (κ1) is 22.9. The Hall–Kier alpha value is -2.86. The molecule has 2 atom stereocenters. The van der Waals surface area contributed by atoms with Crippen LogP contribution in [0.3, 0.4) is 0 Å². The molecular weight excluding hydrogens is 428 g/mol. The van der Waals surface area contributed by atoms with Gasteiger partial charge < -0.3 is 19.7 Å². The summed E-state index contributed by atoms with van der Waals surface area (Å²) in [6.07, 6.45) is 5.79. The maximum Gasteiger partial charge on any atom is 0.220 e. The van der Waals surface area contributed by atoms with Gasteiger partial charge in [0.05, 0.1) is 0 Å². The molecule has 0 spiro atoms. The second kappa shape index (κ2) is 10.2. The van der Waals surface area contributed by atoms with Gasteiger partial charge in [-0.05, 0) is 62.9 Å². The van der Waals surface area contributed by atoms with Crippen molar-refractivity contribution < 1.29 is 19.1 Å². The summed E-state index contributed by atoms with van der Waals surface area (Å²) in [5.41, 5.74) is 2.01. The van der Waals surface area contributed by atoms with E-state index in [9.17, 15) is 9.59 Å². The Bertz CT molecular complexity index is 1020. The lowest BCUT2D eigenvalue weighted by molar-refractivity contribution is -0.121. The fourth-order valence-corrected chi connectivity index (χ4v) is 5.41. The lowest BCUT2D eigenvalue weighted by Gasteiger charge is -2.26. The average molecular weight is 463 g/mol. The van der Waals surface area contributed by atoms with E-state index in [1.54, 1.807) is 0 Å². The van der Waals surface area contributed by atoms with Crippen LogP contribution in [-0.4, -0.2) is 55.5 Å². The molecule has 0 bridgehead atoms. The van der Waals surface area contributed by atoms with Crippen LogP contribution in [0.5, 0.6) is 11.5 Å². The molecule has 5 rings (SSSR count). The maximum atomic E-state index is 12.7. The minimum absolute atomic E-state index is 0.0522. The summed E-state index contributed by atoms with van der Waals surface area (Å²) in [6.45, 7) is 4.48. The van der Waals surface area contributed by atoms with E-state index in [1.165, 1.54) is 18.4 Å². The van der Waals surface area contributed by atoms with Gasteiger partial charge in [0.1, 0.15) is 13.2 Å². The van der Waals surface area contributed by atoms with E-state index >= 15 is 0 Å². The molecule has 1 saturated heterocycles. The molecule has 2 aromatic rings. The fourth-order valence-electron chi connectivity index (χ4n) is 5.41. The SMILES string of the molecule is O=C(CCCC(=O)c1ccccc1)NC1C[C@]1(Cc1ccc2c(c1)OCCO2)CN1CCCC1. The van der Waals surface area contributed by atoms with Crippen molar-refractivity contribution in [3.63, 3.8) is 0 Å². The molecule has 2 fully saturated rings. The molecule has 1 saturated carbocycles. The van der Waals surface area contributed by atoms with Crippen LogP contribution in [0, 0.1) is 5.41 Å². The van der Waals surface area contributed by atoms with Crippen LogP contribution in [0.25, 0.3) is 0 Å². The number of ether oxygens (including phenoxy) is 2. The van der Waals surface area contributed by atoms with Crippen molar-refractivity contribution in [2.24, 2.45) is 5.41 Å². The molecule has 2 aliphatic heterocycles. The number of hydrogen-bond acceptors (Lipinski definition) is 5. The standard InChI is InChI=1S/C28H34N2O4/c31-23(22-7-2-1-3-8-22)9-6-10-27(32)29-26-19-28(26,20-30-13-4-5-14-30)18-21-11-12-24-25(17-21)34-16-15-33-24/h1-3,7-8,11-12,17,26H,4-6,9-10,13-16,18-20H2,(H,29,32)/t26?,28-/m1/s1. The Labute approximate surface area is 201 Å². The molecule has 34 heavy (non-hydrogen) atoms. The van der Waals surface area contributed by atoms with Crippen molar-refractivity contribution in [2.45, 2.75) is 51.0 Å². The third kappa shape index (κ3) is 5.44. The van der Waals surface area contributed by atoms with E-state index in [0.717, 1.165) is 44.0 Å². The van der Waals surface area contributed by atoms with E-state index in [4.69, 9.17) is 9.47 Å². The molecule has 2 aromatic carbocycles. The second-order valence-corrected chi connectivity index (χ2v) is 9.97. The molecule has 1 N–H and O–H groups in total. The number of fused-ring (bicyclic) bond motifs is 1. The Morgan fingerprint density at radius 3 is 2.53 bits per heavy atom. The maximum absolute atomic E-state index is 12.7. The molecule has 1 unspecified atom stereocenters. The van der Waals surface area contributed by atoms with Gasteiger partial charge in [0.25, 0.3) is 0 Å². The smallest absolute Gasteiger partial charge is 0.220 e. The summed E-state index contributed by atoms with van der Waals surface area (Å²) < 4.78 is 11.5. The number of Topliss-reactive ketones (excluding diaryl/α,β-unsaturated/α-hetero) is 1. The number of carbonyl (C=O) groups excluding carboxylic acids is 2. The van der Waals surface area contributed by atoms with E-state index < -0.39 is 0 Å². The highest BCUT2D eigenvalue weighted by atomic mass is 16.6. The number of benzene rings is 2. The molecule has 180 valence electrons. The molecule has 3 aliphatic rings. The monoisotopic (exact) mass is 462 g/mol. The Morgan fingerprint density at radius 1 is 0.971 bits per heavy atom. The summed E-state index contributed by atoms with van der Waals surface area (Å²) in [5, 5.41) is 3.28. The highest BCUT2D eigenvalue weighted by molar-refractivity contribution is 5.96. The van der Waals surface area contributed by atoms with E-state index in [0.29, 0.717) is 38.0 Å². The molecule has 2 heterocycles. The number of likely N-dealkylation sites (tertiary alicyclic amines) is 1. The van der Waals surface area contributed by atoms with Crippen molar-refractivity contribution >= 4 is 11.7 Å². The average Bonchev–Trinajstić information content (AvgIpc) is 3.24. The first-order chi connectivity index (χ1) is 16.6. The van der Waals surface area contributed by atoms with Crippen molar-refractivity contribution in [2.75, 3.05) is 32.8 Å². The van der Waals surface area contributed by atoms with Gasteiger partial charge in [0, 0.05) is 36.4 Å². The summed E-state index contributed by atoms with van der Waals surface area (Å²) in [4.78, 5) is 27.6. The number of nitrogens with zero attached hydrogens (tertiary/aromatic N) is 1. The number of nitrogens with one attached hydrogen (secondary N) is 1. The van der Waals surface area contributed by atoms with Gasteiger partial charge in [-0.3, -0.25) is 9.59 Å². The van der Waals surface area contributed by atoms with Crippen molar-refractivity contribution in [3.8, 4) is 11.5 Å². The predicted molar refractivity (Wildman–Crippen MR) is 130 cm³/mol. The van der Waals surface area contributed by atoms with Gasteiger partial charge in [-0.1, -0.05) is 36.4 Å². The normalized spacial score (nSPS) is 23.5. The van der Waals surface area contributed by atoms with Gasteiger partial charge in [-0.15, -0.1) is 0 Å². The molecule has 6 nitrogen and oxygen atoms in total. The zero-order valence-corrected chi connectivity index (χ0v) is 19.8. The van der Waals surface area contributed by atoms with Gasteiger partial charge >= 0.3 is 0 Å². The first-order valence-corrected chi connectivity index (χ1v) is 12.6. The van der Waals surface area contributed by atoms with Crippen LogP contribution in [0.4, 0.5) is 0 Å². The summed E-state index contributed by atoms with van der Waals surface area (Å²) >= 11 is 0. The van der Waals surface area contributed by atoms with Crippen molar-refractivity contribution in [1.82, 2.24) is 10.2 Å². The topological polar surface area (TPSA) is 67.9 Å². The highest BCUT2D eigenvalue weighted by Gasteiger charge is 2.55. The number of amides is 1. The molecule has 0 radical (unpaired) electrons. The van der Waals surface area contributed by atoms with E-state index in [2.05, 4.69) is 22.3 Å². The largest absolute Gasteiger partial charge is 0.486 e. The minimum atomic E-state index is 0.0522. The fraction of sp³-hybridized carbons (Fsp3) is 0.500. The molecule has 1 amide bonds. The Balaban J connectivity index is 1.17. The quantitative estimate of drug-likeness (QED) is 0.540. The summed E-state index contributed by atoms with van der Waals surface area (Å²) in [7, 11) is 0. The Morgan fingerprint density at radius 2 is 1.74 bits per heavy atom. The van der Waals surface area contributed by atoms with Gasteiger partial charge in [0.15, 0.2) is 17.3 Å². The van der Waals surface area contributed by atoms with Crippen LogP contribution in [0.1, 0.15) is 54.4 Å². The van der Waals surface area contributed by atoms with Gasteiger partial charge in [-0.2, -0.15) is 0 Å². The predicted octanol–water partition coefficient (Wildman–Crippen LogP) is 4.02. The van der Waals surface area contributed by atoms with Crippen LogP contribution in [-0.2, 0) is 11.2 Å². The van der Waals surface area contributed by atoms with Crippen LogP contribution < -0.4 is 14.8 Å². The summed E-state index contributed by atoms with van der Waals surface area (Å²) in [5.74, 6) is 1.79. The molecular formula is C28H34N2O4. The third-order valence-electron chi connectivity index (χ3n) is 7.33. The van der Waals surface area contributed by atoms with Crippen molar-refractivity contribution in [1.29, 1.82) is 0 Å². The molecule has 1 aliphatic carbocycles. The number of carbonyl (C=O) groups is 2. The van der Waals surface area contributed by atoms with Crippen LogP contribution >= 0.6 is 0 Å². The zero-order valence-electron chi connectivity index (χ0n) is 19.8. The lowest BCUT2D eigenvalue weighted by Crippen LogP contribution is -2.37. The van der Waals surface area contributed by atoms with Crippen molar-refractivity contribution in [3.05, 3.63) is 59.7 Å². The van der Waals surface area contributed by atoms with E-state index in [1.807, 2.05) is 36.4 Å². The number of ketones is 1. The second-order valence-electron chi connectivity index (χ2n) is 9.97. The number of rotatable bonds is 10. The lowest BCUT2D eigenvalue weighted by atomic mass is 9.94. The molecule has 0 aromatic heterocycles. The van der Waals surface area contributed by atoms with Crippen LogP contribution in [0.2, 0.25) is 0 Å². The summed E-state index contributed by atoms with van der Waals surface area (Å²) in [6, 6.07) is 15.7. The first-order valence-electron chi connectivity index (χ1n) is 12.6. The van der Waals surface area contributed by atoms with Crippen LogP contribution in [0.15, 0.2) is 48.5 Å². The minimum Gasteiger partial charge on any atom is -0.486 e. The van der Waals surface area contributed by atoms with Gasteiger partial charge in [-0.25, -0.2) is 0 Å².